The molecule has 0 radical (unpaired) electrons. The van der Waals surface area contributed by atoms with Crippen molar-refractivity contribution >= 4 is 39.7 Å². The van der Waals surface area contributed by atoms with Gasteiger partial charge in [-0.2, -0.15) is 4.68 Å². The summed E-state index contributed by atoms with van der Waals surface area (Å²) in [4.78, 5) is 34.9. The van der Waals surface area contributed by atoms with Gasteiger partial charge < -0.3 is 10.1 Å². The van der Waals surface area contributed by atoms with Gasteiger partial charge in [-0.15, -0.1) is 5.10 Å². The van der Waals surface area contributed by atoms with Crippen LogP contribution in [-0.4, -0.2) is 37.9 Å². The number of aromatic nitrogens is 3. The molecule has 0 aliphatic heterocycles. The van der Waals surface area contributed by atoms with E-state index in [1.165, 1.54) is 7.11 Å². The number of para-hydroxylation sites is 1. The fourth-order valence-electron chi connectivity index (χ4n) is 3.11. The third-order valence-electron chi connectivity index (χ3n) is 4.64. The first-order valence-electron chi connectivity index (χ1n) is 9.12. The number of hydrogen-bond donors (Lipinski definition) is 1. The molecule has 1 heterocycles. The Bertz CT molecular complexity index is 1330. The standard InChI is InChI=1S/C20H14N6O6/c1-32-14-8-6-13(7-9-14)21-19-17(25(28)29)10-12(11-18(19)26(30)31)20(27)24-16-5-3-2-4-15(16)22-23-24/h2-11,21H,1H3. The minimum absolute atomic E-state index is 0.278. The number of hydrogen-bond acceptors (Lipinski definition) is 9. The van der Waals surface area contributed by atoms with Crippen LogP contribution in [0.1, 0.15) is 10.4 Å². The highest BCUT2D eigenvalue weighted by Crippen LogP contribution is 2.38. The highest BCUT2D eigenvalue weighted by Gasteiger charge is 2.30. The second kappa shape index (κ2) is 8.10. The van der Waals surface area contributed by atoms with E-state index in [1.807, 2.05) is 0 Å². The predicted octanol–water partition coefficient (Wildman–Crippen LogP) is 3.69. The summed E-state index contributed by atoms with van der Waals surface area (Å²) in [6, 6.07) is 14.8. The summed E-state index contributed by atoms with van der Waals surface area (Å²) in [5, 5.41) is 33.8. The number of carbonyl (C=O) groups excluding carboxylic acids is 1. The number of rotatable bonds is 6. The lowest BCUT2D eigenvalue weighted by Crippen LogP contribution is -2.15. The second-order valence-corrected chi connectivity index (χ2v) is 6.55. The van der Waals surface area contributed by atoms with Crippen LogP contribution in [0.5, 0.6) is 5.75 Å². The number of nitrogens with one attached hydrogen (secondary N) is 1. The number of carbonyl (C=O) groups is 1. The number of fused-ring (bicyclic) bond motifs is 1. The van der Waals surface area contributed by atoms with Crippen LogP contribution in [0.15, 0.2) is 60.7 Å². The zero-order valence-electron chi connectivity index (χ0n) is 16.5. The average molecular weight is 434 g/mol. The molecule has 0 spiro atoms. The maximum atomic E-state index is 13.0. The van der Waals surface area contributed by atoms with Crippen molar-refractivity contribution < 1.29 is 19.4 Å². The minimum atomic E-state index is -0.797. The maximum absolute atomic E-state index is 13.0. The van der Waals surface area contributed by atoms with E-state index in [0.717, 1.165) is 16.8 Å². The summed E-state index contributed by atoms with van der Waals surface area (Å²) in [6.07, 6.45) is 0. The van der Waals surface area contributed by atoms with Crippen molar-refractivity contribution in [2.45, 2.75) is 0 Å². The van der Waals surface area contributed by atoms with Crippen LogP contribution in [0, 0.1) is 20.2 Å². The van der Waals surface area contributed by atoms with Gasteiger partial charge in [-0.25, -0.2) is 0 Å². The first kappa shape index (κ1) is 20.4. The number of ether oxygens (including phenoxy) is 1. The molecule has 0 saturated heterocycles. The van der Waals surface area contributed by atoms with Gasteiger partial charge >= 0.3 is 11.4 Å². The lowest BCUT2D eigenvalue weighted by Gasteiger charge is -2.10. The zero-order valence-corrected chi connectivity index (χ0v) is 16.5. The highest BCUT2D eigenvalue weighted by molar-refractivity contribution is 6.02. The molecule has 0 unspecified atom stereocenters. The van der Waals surface area contributed by atoms with Crippen molar-refractivity contribution in [1.82, 2.24) is 15.0 Å². The number of nitrogens with zero attached hydrogens (tertiary/aromatic N) is 5. The fraction of sp³-hybridized carbons (Fsp3) is 0.0500. The van der Waals surface area contributed by atoms with Gasteiger partial charge in [-0.3, -0.25) is 25.0 Å². The van der Waals surface area contributed by atoms with Crippen LogP contribution >= 0.6 is 0 Å². The Labute approximate surface area is 179 Å². The van der Waals surface area contributed by atoms with E-state index in [2.05, 4.69) is 15.6 Å². The molecule has 4 aromatic rings. The van der Waals surface area contributed by atoms with Crippen molar-refractivity contribution in [2.75, 3.05) is 12.4 Å². The quantitative estimate of drug-likeness (QED) is 0.353. The molecule has 32 heavy (non-hydrogen) atoms. The van der Waals surface area contributed by atoms with E-state index >= 15 is 0 Å². The van der Waals surface area contributed by atoms with Gasteiger partial charge in [0.15, 0.2) is 5.69 Å². The monoisotopic (exact) mass is 434 g/mol. The van der Waals surface area contributed by atoms with Crippen LogP contribution < -0.4 is 10.1 Å². The molecule has 0 saturated carbocycles. The summed E-state index contributed by atoms with van der Waals surface area (Å²) >= 11 is 0. The van der Waals surface area contributed by atoms with Crippen molar-refractivity contribution in [2.24, 2.45) is 0 Å². The van der Waals surface area contributed by atoms with Crippen molar-refractivity contribution in [1.29, 1.82) is 0 Å². The zero-order chi connectivity index (χ0) is 22.8. The Morgan fingerprint density at radius 1 is 1.00 bits per heavy atom. The van der Waals surface area contributed by atoms with E-state index in [-0.39, 0.29) is 11.3 Å². The lowest BCUT2D eigenvalue weighted by molar-refractivity contribution is -0.392. The number of nitro groups is 2. The van der Waals surface area contributed by atoms with Crippen molar-refractivity contribution in [3.8, 4) is 5.75 Å². The van der Waals surface area contributed by atoms with Crippen molar-refractivity contribution in [3.63, 3.8) is 0 Å². The summed E-state index contributed by atoms with van der Waals surface area (Å²) in [5.74, 6) is -0.249. The Morgan fingerprint density at radius 3 is 2.22 bits per heavy atom. The van der Waals surface area contributed by atoms with Gasteiger partial charge in [0.2, 0.25) is 0 Å². The first-order valence-corrected chi connectivity index (χ1v) is 9.12. The summed E-state index contributed by atoms with van der Waals surface area (Å²) < 4.78 is 6.00. The largest absolute Gasteiger partial charge is 0.497 e. The molecule has 0 bridgehead atoms. The molecule has 0 amide bonds. The third kappa shape index (κ3) is 3.67. The van der Waals surface area contributed by atoms with Gasteiger partial charge in [-0.1, -0.05) is 17.3 Å². The average Bonchev–Trinajstić information content (AvgIpc) is 3.23. The SMILES string of the molecule is COc1ccc(Nc2c([N+](=O)[O-])cc(C(=O)n3nnc4ccccc43)cc2[N+](=O)[O-])cc1. The molecule has 0 fully saturated rings. The van der Waals surface area contributed by atoms with Crippen LogP contribution in [0.2, 0.25) is 0 Å². The van der Waals surface area contributed by atoms with Gasteiger partial charge in [0.05, 0.1) is 28.0 Å². The lowest BCUT2D eigenvalue weighted by atomic mass is 10.1. The van der Waals surface area contributed by atoms with E-state index in [0.29, 0.717) is 22.5 Å². The van der Waals surface area contributed by atoms with E-state index in [9.17, 15) is 25.0 Å². The Kier molecular flexibility index (Phi) is 5.17. The number of anilines is 2. The van der Waals surface area contributed by atoms with Gasteiger partial charge in [0.1, 0.15) is 11.3 Å². The number of benzene rings is 3. The van der Waals surface area contributed by atoms with Crippen LogP contribution in [0.25, 0.3) is 11.0 Å². The summed E-state index contributed by atoms with van der Waals surface area (Å²) in [6.45, 7) is 0. The fourth-order valence-corrected chi connectivity index (χ4v) is 3.11. The van der Waals surface area contributed by atoms with Crippen LogP contribution in [0.4, 0.5) is 22.7 Å². The first-order chi connectivity index (χ1) is 15.4. The minimum Gasteiger partial charge on any atom is -0.497 e. The molecule has 3 aromatic carbocycles. The molecule has 1 N–H and O–H groups in total. The summed E-state index contributed by atoms with van der Waals surface area (Å²) in [7, 11) is 1.48. The molecule has 1 aromatic heterocycles. The number of methoxy groups -OCH3 is 1. The molecule has 4 rings (SSSR count). The van der Waals surface area contributed by atoms with Gasteiger partial charge in [0, 0.05) is 17.8 Å². The smallest absolute Gasteiger partial charge is 0.300 e. The molecule has 0 aliphatic carbocycles. The van der Waals surface area contributed by atoms with Crippen LogP contribution in [0.3, 0.4) is 0 Å². The Balaban J connectivity index is 1.82. The molecule has 12 nitrogen and oxygen atoms in total. The maximum Gasteiger partial charge on any atom is 0.300 e. The second-order valence-electron chi connectivity index (χ2n) is 6.55. The number of nitro benzene ring substituents is 2. The molecule has 0 aliphatic rings. The third-order valence-corrected chi connectivity index (χ3v) is 4.64. The van der Waals surface area contributed by atoms with Crippen molar-refractivity contribution in [3.05, 3.63) is 86.5 Å². The molecule has 160 valence electrons. The molecule has 0 atom stereocenters. The predicted molar refractivity (Wildman–Crippen MR) is 113 cm³/mol. The van der Waals surface area contributed by atoms with Crippen LogP contribution in [-0.2, 0) is 0 Å². The van der Waals surface area contributed by atoms with Gasteiger partial charge in [-0.05, 0) is 36.4 Å². The highest BCUT2D eigenvalue weighted by atomic mass is 16.6. The van der Waals surface area contributed by atoms with E-state index < -0.39 is 27.1 Å². The van der Waals surface area contributed by atoms with E-state index in [4.69, 9.17) is 4.74 Å². The topological polar surface area (TPSA) is 155 Å². The summed E-state index contributed by atoms with van der Waals surface area (Å²) in [5.41, 5.74) is -0.751. The molecule has 12 heteroatoms. The normalized spacial score (nSPS) is 10.7. The Hall–Kier alpha value is -4.87. The van der Waals surface area contributed by atoms with E-state index in [1.54, 1.807) is 48.5 Å². The van der Waals surface area contributed by atoms with Gasteiger partial charge in [0.25, 0.3) is 5.91 Å². The molecular formula is C20H14N6O6. The Morgan fingerprint density at radius 2 is 1.62 bits per heavy atom. The molecular weight excluding hydrogens is 420 g/mol.